The molecule has 0 aliphatic rings. The molecule has 0 aliphatic heterocycles. The average molecular weight is 429 g/mol. The molecule has 4 atom stereocenters. The van der Waals surface area contributed by atoms with E-state index in [1.165, 1.54) is 18.1 Å². The van der Waals surface area contributed by atoms with Crippen molar-refractivity contribution in [1.29, 1.82) is 0 Å². The highest BCUT2D eigenvalue weighted by molar-refractivity contribution is 5.04. The molecule has 4 unspecified atom stereocenters. The fraction of sp³-hybridized carbons (Fsp3) is 0.840. The number of allylic oxidation sites excluding steroid dienone is 4. The third-order valence-electron chi connectivity index (χ3n) is 6.02. The monoisotopic (exact) mass is 428 g/mol. The highest BCUT2D eigenvalue weighted by atomic mass is 16.4. The largest absolute Gasteiger partial charge is 0.393 e. The van der Waals surface area contributed by atoms with Crippen molar-refractivity contribution < 1.29 is 25.5 Å². The van der Waals surface area contributed by atoms with E-state index >= 15 is 0 Å². The van der Waals surface area contributed by atoms with Crippen LogP contribution in [0.2, 0.25) is 0 Å². The van der Waals surface area contributed by atoms with Crippen LogP contribution in [-0.4, -0.2) is 55.5 Å². The molecule has 0 radical (unpaired) electrons. The number of aliphatic hydroxyl groups is 5. The molecule has 5 nitrogen and oxygen atoms in total. The zero-order valence-corrected chi connectivity index (χ0v) is 20.2. The van der Waals surface area contributed by atoms with Gasteiger partial charge in [-0.15, -0.1) is 0 Å². The van der Waals surface area contributed by atoms with Gasteiger partial charge in [-0.2, -0.15) is 0 Å². The van der Waals surface area contributed by atoms with Crippen LogP contribution in [0.15, 0.2) is 23.3 Å². The molecule has 5 N–H and O–H groups in total. The minimum atomic E-state index is -1.44. The Morgan fingerprint density at radius 3 is 1.93 bits per heavy atom. The van der Waals surface area contributed by atoms with Gasteiger partial charge in [0.25, 0.3) is 0 Å². The molecule has 0 rings (SSSR count). The van der Waals surface area contributed by atoms with E-state index in [9.17, 15) is 20.4 Å². The lowest BCUT2D eigenvalue weighted by Crippen LogP contribution is -2.42. The van der Waals surface area contributed by atoms with Crippen molar-refractivity contribution in [1.82, 2.24) is 0 Å². The smallest absolute Gasteiger partial charge is 0.111 e. The number of unbranched alkanes of at least 4 members (excludes halogenated alkanes) is 1. The molecule has 30 heavy (non-hydrogen) atoms. The first-order chi connectivity index (χ1) is 13.8. The van der Waals surface area contributed by atoms with Gasteiger partial charge in [-0.05, 0) is 91.9 Å². The van der Waals surface area contributed by atoms with Crippen LogP contribution in [0.4, 0.5) is 0 Å². The highest BCUT2D eigenvalue weighted by Crippen LogP contribution is 2.21. The third-order valence-corrected chi connectivity index (χ3v) is 6.02. The number of hydrogen-bond donors (Lipinski definition) is 5. The lowest BCUT2D eigenvalue weighted by Gasteiger charge is -2.26. The second kappa shape index (κ2) is 14.4. The quantitative estimate of drug-likeness (QED) is 0.187. The summed E-state index contributed by atoms with van der Waals surface area (Å²) < 4.78 is 0. The summed E-state index contributed by atoms with van der Waals surface area (Å²) in [6.45, 7) is 10.7. The maximum absolute atomic E-state index is 9.93. The maximum Gasteiger partial charge on any atom is 0.111 e. The van der Waals surface area contributed by atoms with Crippen LogP contribution < -0.4 is 0 Å². The van der Waals surface area contributed by atoms with Gasteiger partial charge >= 0.3 is 0 Å². The second-order valence-electron chi connectivity index (χ2n) is 9.99. The van der Waals surface area contributed by atoms with Gasteiger partial charge in [0, 0.05) is 0 Å². The Balaban J connectivity index is 4.04. The summed E-state index contributed by atoms with van der Waals surface area (Å²) in [7, 11) is 0. The molecule has 0 aromatic carbocycles. The minimum Gasteiger partial charge on any atom is -0.393 e. The summed E-state index contributed by atoms with van der Waals surface area (Å²) in [5.74, 6) is 0.545. The molecule has 0 saturated heterocycles. The third kappa shape index (κ3) is 13.6. The van der Waals surface area contributed by atoms with Crippen molar-refractivity contribution in [2.45, 2.75) is 123 Å². The Morgan fingerprint density at radius 2 is 1.37 bits per heavy atom. The zero-order chi connectivity index (χ0) is 23.4. The summed E-state index contributed by atoms with van der Waals surface area (Å²) >= 11 is 0. The number of hydrogen-bond acceptors (Lipinski definition) is 5. The van der Waals surface area contributed by atoms with Crippen molar-refractivity contribution in [2.75, 3.05) is 6.61 Å². The normalized spacial score (nSPS) is 18.8. The Hall–Kier alpha value is -0.720. The molecule has 5 heteroatoms. The summed E-state index contributed by atoms with van der Waals surface area (Å²) in [6.07, 6.45) is 10.9. The van der Waals surface area contributed by atoms with Crippen LogP contribution in [0.5, 0.6) is 0 Å². The van der Waals surface area contributed by atoms with E-state index in [1.807, 2.05) is 6.92 Å². The first kappa shape index (κ1) is 29.3. The fourth-order valence-corrected chi connectivity index (χ4v) is 3.29. The second-order valence-corrected chi connectivity index (χ2v) is 9.99. The lowest BCUT2D eigenvalue weighted by atomic mass is 9.91. The molecule has 178 valence electrons. The van der Waals surface area contributed by atoms with E-state index in [2.05, 4.69) is 26.0 Å². The average Bonchev–Trinajstić information content (AvgIpc) is 2.66. The van der Waals surface area contributed by atoms with Crippen LogP contribution in [0.3, 0.4) is 0 Å². The van der Waals surface area contributed by atoms with Crippen LogP contribution in [0.1, 0.15) is 99.3 Å². The molecule has 0 spiro atoms. The van der Waals surface area contributed by atoms with E-state index in [1.54, 1.807) is 13.8 Å². The van der Waals surface area contributed by atoms with Crippen molar-refractivity contribution >= 4 is 0 Å². The Bertz CT molecular complexity index is 516. The van der Waals surface area contributed by atoms with Gasteiger partial charge in [0.2, 0.25) is 0 Å². The zero-order valence-electron chi connectivity index (χ0n) is 20.2. The number of aliphatic hydroxyl groups excluding tert-OH is 3. The molecule has 0 aliphatic carbocycles. The van der Waals surface area contributed by atoms with Crippen LogP contribution in [0.25, 0.3) is 0 Å². The molecular formula is C25H48O5. The van der Waals surface area contributed by atoms with Gasteiger partial charge in [0.15, 0.2) is 0 Å². The molecule has 0 bridgehead atoms. The van der Waals surface area contributed by atoms with Crippen molar-refractivity contribution in [2.24, 2.45) is 5.92 Å². The topological polar surface area (TPSA) is 101 Å². The first-order valence-electron chi connectivity index (χ1n) is 11.5. The van der Waals surface area contributed by atoms with Crippen LogP contribution >= 0.6 is 0 Å². The van der Waals surface area contributed by atoms with Crippen LogP contribution in [0, 0.1) is 5.92 Å². The summed E-state index contributed by atoms with van der Waals surface area (Å²) in [4.78, 5) is 0. The fourth-order valence-electron chi connectivity index (χ4n) is 3.29. The SMILES string of the molecule is CC(=CCCCC(C)CCC(O)C(C)(C)O)CCC=C(C)CCC(O)C(C)(O)CO. The summed E-state index contributed by atoms with van der Waals surface area (Å²) in [5.41, 5.74) is 0.113. The first-order valence-corrected chi connectivity index (χ1v) is 11.5. The number of rotatable bonds is 16. The van der Waals surface area contributed by atoms with E-state index in [-0.39, 0.29) is 0 Å². The predicted molar refractivity (Wildman–Crippen MR) is 124 cm³/mol. The molecule has 0 fully saturated rings. The Morgan fingerprint density at radius 1 is 0.800 bits per heavy atom. The Labute approximate surface area is 184 Å². The van der Waals surface area contributed by atoms with E-state index in [0.717, 1.165) is 38.5 Å². The highest BCUT2D eigenvalue weighted by Gasteiger charge is 2.28. The molecule has 0 heterocycles. The van der Waals surface area contributed by atoms with Gasteiger partial charge in [-0.1, -0.05) is 36.6 Å². The van der Waals surface area contributed by atoms with E-state index < -0.39 is 30.0 Å². The van der Waals surface area contributed by atoms with E-state index in [0.29, 0.717) is 25.2 Å². The summed E-state index contributed by atoms with van der Waals surface area (Å²) in [5, 5.41) is 48.5. The lowest BCUT2D eigenvalue weighted by molar-refractivity contribution is -0.0942. The summed E-state index contributed by atoms with van der Waals surface area (Å²) in [6, 6.07) is 0. The molecular weight excluding hydrogens is 380 g/mol. The van der Waals surface area contributed by atoms with Crippen molar-refractivity contribution in [3.8, 4) is 0 Å². The van der Waals surface area contributed by atoms with E-state index in [4.69, 9.17) is 5.11 Å². The van der Waals surface area contributed by atoms with Gasteiger partial charge in [0.05, 0.1) is 24.4 Å². The standard InChI is InChI=1S/C25H48O5/c1-19(10-7-8-11-20(2)14-16-22(27)24(4,5)29)12-9-13-21(3)15-17-23(28)25(6,30)18-26/h10,13,20,22-23,26-30H,7-9,11-12,14-18H2,1-6H3. The molecule has 0 aromatic heterocycles. The molecule has 0 saturated carbocycles. The van der Waals surface area contributed by atoms with Gasteiger partial charge in [-0.3, -0.25) is 0 Å². The van der Waals surface area contributed by atoms with Crippen molar-refractivity contribution in [3.05, 3.63) is 23.3 Å². The molecule has 0 amide bonds. The van der Waals surface area contributed by atoms with Gasteiger partial charge in [-0.25, -0.2) is 0 Å². The van der Waals surface area contributed by atoms with Crippen molar-refractivity contribution in [3.63, 3.8) is 0 Å². The minimum absolute atomic E-state index is 0.440. The maximum atomic E-state index is 9.93. The van der Waals surface area contributed by atoms with Gasteiger partial charge < -0.3 is 25.5 Å². The predicted octanol–water partition coefficient (Wildman–Crippen LogP) is 4.26. The molecule has 0 aromatic rings. The van der Waals surface area contributed by atoms with Crippen LogP contribution in [-0.2, 0) is 0 Å². The van der Waals surface area contributed by atoms with Gasteiger partial charge in [0.1, 0.15) is 5.60 Å². The Kier molecular flexibility index (Phi) is 14.0.